The highest BCUT2D eigenvalue weighted by Crippen LogP contribution is 2.18. The lowest BCUT2D eigenvalue weighted by atomic mass is 10.0. The Morgan fingerprint density at radius 1 is 1.44 bits per heavy atom. The summed E-state index contributed by atoms with van der Waals surface area (Å²) in [6.07, 6.45) is 0.712. The number of rotatable bonds is 5. The minimum absolute atomic E-state index is 0.370. The van der Waals surface area contributed by atoms with Crippen LogP contribution >= 0.6 is 0 Å². The largest absolute Gasteiger partial charge is 0.380 e. The van der Waals surface area contributed by atoms with Crippen LogP contribution < -0.4 is 5.73 Å². The molecule has 2 N–H and O–H groups in total. The molecular weight excluding hydrogens is 230 g/mol. The average Bonchev–Trinajstić information content (AvgIpc) is 2.87. The van der Waals surface area contributed by atoms with E-state index in [0.29, 0.717) is 24.7 Å². The molecule has 2 aromatic rings. The fraction of sp³-hybridized carbons (Fsp3) is 0.385. The van der Waals surface area contributed by atoms with Crippen molar-refractivity contribution in [3.63, 3.8) is 0 Å². The van der Waals surface area contributed by atoms with Gasteiger partial charge in [0.15, 0.2) is 5.82 Å². The van der Waals surface area contributed by atoms with E-state index in [4.69, 9.17) is 15.0 Å². The number of nitrogens with two attached hydrogens (primary N) is 1. The Morgan fingerprint density at radius 3 is 2.94 bits per heavy atom. The van der Waals surface area contributed by atoms with Crippen molar-refractivity contribution in [2.24, 2.45) is 5.73 Å². The van der Waals surface area contributed by atoms with Gasteiger partial charge in [-0.05, 0) is 11.1 Å². The molecule has 2 rings (SSSR count). The molecule has 0 bridgehead atoms. The normalized spacial score (nSPS) is 12.6. The van der Waals surface area contributed by atoms with Gasteiger partial charge in [-0.25, -0.2) is 0 Å². The van der Waals surface area contributed by atoms with E-state index >= 15 is 0 Å². The molecule has 5 heteroatoms. The molecule has 0 saturated heterocycles. The monoisotopic (exact) mass is 247 g/mol. The Morgan fingerprint density at radius 2 is 2.28 bits per heavy atom. The molecule has 1 heterocycles. The first kappa shape index (κ1) is 12.7. The molecule has 0 spiro atoms. The molecule has 1 unspecified atom stereocenters. The van der Waals surface area contributed by atoms with Crippen LogP contribution in [0.25, 0.3) is 0 Å². The predicted molar refractivity (Wildman–Crippen MR) is 66.9 cm³/mol. The summed E-state index contributed by atoms with van der Waals surface area (Å²) in [4.78, 5) is 4.25. The molecule has 0 aliphatic heterocycles. The van der Waals surface area contributed by atoms with E-state index in [1.165, 1.54) is 0 Å². The fourth-order valence-electron chi connectivity index (χ4n) is 1.73. The molecule has 0 amide bonds. The second-order valence-electron chi connectivity index (χ2n) is 4.06. The average molecular weight is 247 g/mol. The van der Waals surface area contributed by atoms with Crippen LogP contribution in [0, 0.1) is 0 Å². The summed E-state index contributed by atoms with van der Waals surface area (Å²) in [5.41, 5.74) is 8.15. The van der Waals surface area contributed by atoms with Crippen molar-refractivity contribution in [1.29, 1.82) is 0 Å². The summed E-state index contributed by atoms with van der Waals surface area (Å²) >= 11 is 0. The molecule has 18 heavy (non-hydrogen) atoms. The van der Waals surface area contributed by atoms with Gasteiger partial charge in [-0.15, -0.1) is 0 Å². The Hall–Kier alpha value is -1.72. The molecule has 0 aliphatic carbocycles. The molecule has 0 fully saturated rings. The van der Waals surface area contributed by atoms with E-state index in [1.807, 2.05) is 31.2 Å². The SMILES string of the molecule is CCc1nc(C(N)c2cccc(COC)c2)no1. The number of aromatic nitrogens is 2. The van der Waals surface area contributed by atoms with Gasteiger partial charge in [-0.1, -0.05) is 36.3 Å². The maximum Gasteiger partial charge on any atom is 0.226 e. The van der Waals surface area contributed by atoms with Gasteiger partial charge in [0.05, 0.1) is 12.6 Å². The van der Waals surface area contributed by atoms with Gasteiger partial charge >= 0.3 is 0 Å². The Bertz CT molecular complexity index is 510. The molecule has 1 atom stereocenters. The zero-order valence-electron chi connectivity index (χ0n) is 10.6. The van der Waals surface area contributed by atoms with Crippen molar-refractivity contribution in [1.82, 2.24) is 10.1 Å². The molecule has 1 aromatic carbocycles. The third kappa shape index (κ3) is 2.75. The third-order valence-corrected chi connectivity index (χ3v) is 2.69. The van der Waals surface area contributed by atoms with Crippen LogP contribution in [-0.2, 0) is 17.8 Å². The molecule has 96 valence electrons. The van der Waals surface area contributed by atoms with E-state index in [0.717, 1.165) is 11.1 Å². The minimum atomic E-state index is -0.370. The smallest absolute Gasteiger partial charge is 0.226 e. The van der Waals surface area contributed by atoms with Crippen LogP contribution in [-0.4, -0.2) is 17.3 Å². The third-order valence-electron chi connectivity index (χ3n) is 2.69. The van der Waals surface area contributed by atoms with E-state index in [9.17, 15) is 0 Å². The van der Waals surface area contributed by atoms with Crippen molar-refractivity contribution >= 4 is 0 Å². The van der Waals surface area contributed by atoms with E-state index < -0.39 is 0 Å². The van der Waals surface area contributed by atoms with Gasteiger partial charge < -0.3 is 15.0 Å². The molecule has 1 aromatic heterocycles. The standard InChI is InChI=1S/C13H17N3O2/c1-3-11-15-13(16-18-11)12(14)10-6-4-5-9(7-10)8-17-2/h4-7,12H,3,8,14H2,1-2H3. The van der Waals surface area contributed by atoms with E-state index in [-0.39, 0.29) is 6.04 Å². The van der Waals surface area contributed by atoms with Crippen LogP contribution in [0.2, 0.25) is 0 Å². The minimum Gasteiger partial charge on any atom is -0.380 e. The molecule has 5 nitrogen and oxygen atoms in total. The second-order valence-corrected chi connectivity index (χ2v) is 4.06. The lowest BCUT2D eigenvalue weighted by Crippen LogP contribution is -2.14. The van der Waals surface area contributed by atoms with E-state index in [2.05, 4.69) is 10.1 Å². The van der Waals surface area contributed by atoms with Crippen LogP contribution in [0.3, 0.4) is 0 Å². The first-order valence-electron chi connectivity index (χ1n) is 5.90. The van der Waals surface area contributed by atoms with Crippen molar-refractivity contribution < 1.29 is 9.26 Å². The van der Waals surface area contributed by atoms with Crippen LogP contribution in [0.4, 0.5) is 0 Å². The first-order valence-corrected chi connectivity index (χ1v) is 5.90. The maximum absolute atomic E-state index is 6.12. The number of ether oxygens (including phenoxy) is 1. The van der Waals surface area contributed by atoms with Gasteiger partial charge in [0.2, 0.25) is 5.89 Å². The first-order chi connectivity index (χ1) is 8.74. The Balaban J connectivity index is 2.21. The number of nitrogens with zero attached hydrogens (tertiary/aromatic N) is 2. The lowest BCUT2D eigenvalue weighted by molar-refractivity contribution is 0.185. The summed E-state index contributed by atoms with van der Waals surface area (Å²) in [6, 6.07) is 7.52. The van der Waals surface area contributed by atoms with Gasteiger partial charge in [0.1, 0.15) is 0 Å². The summed E-state index contributed by atoms with van der Waals surface area (Å²) in [7, 11) is 1.67. The van der Waals surface area contributed by atoms with Crippen LogP contribution in [0.1, 0.15) is 35.8 Å². The number of methoxy groups -OCH3 is 1. The zero-order valence-corrected chi connectivity index (χ0v) is 10.6. The topological polar surface area (TPSA) is 74.2 Å². The van der Waals surface area contributed by atoms with Gasteiger partial charge in [-0.3, -0.25) is 0 Å². The van der Waals surface area contributed by atoms with Crippen molar-refractivity contribution in [2.75, 3.05) is 7.11 Å². The van der Waals surface area contributed by atoms with Gasteiger partial charge in [0.25, 0.3) is 0 Å². The summed E-state index contributed by atoms with van der Waals surface area (Å²) in [5.74, 6) is 1.12. The van der Waals surface area contributed by atoms with Gasteiger partial charge in [-0.2, -0.15) is 4.98 Å². The second kappa shape index (κ2) is 5.75. The Labute approximate surface area is 106 Å². The summed E-state index contributed by atoms with van der Waals surface area (Å²) in [6.45, 7) is 2.52. The quantitative estimate of drug-likeness (QED) is 0.872. The molecule has 0 aliphatic rings. The highest BCUT2D eigenvalue weighted by atomic mass is 16.5. The number of aryl methyl sites for hydroxylation is 1. The molecule has 0 radical (unpaired) electrons. The lowest BCUT2D eigenvalue weighted by Gasteiger charge is -2.09. The van der Waals surface area contributed by atoms with Crippen LogP contribution in [0.15, 0.2) is 28.8 Å². The number of benzene rings is 1. The van der Waals surface area contributed by atoms with Crippen LogP contribution in [0.5, 0.6) is 0 Å². The van der Waals surface area contributed by atoms with Gasteiger partial charge in [0, 0.05) is 13.5 Å². The number of hydrogen-bond donors (Lipinski definition) is 1. The van der Waals surface area contributed by atoms with Crippen molar-refractivity contribution in [3.8, 4) is 0 Å². The highest BCUT2D eigenvalue weighted by molar-refractivity contribution is 5.28. The summed E-state index contributed by atoms with van der Waals surface area (Å²) in [5, 5.41) is 3.90. The number of hydrogen-bond acceptors (Lipinski definition) is 5. The van der Waals surface area contributed by atoms with Crippen molar-refractivity contribution in [2.45, 2.75) is 26.0 Å². The van der Waals surface area contributed by atoms with Crippen molar-refractivity contribution in [3.05, 3.63) is 47.1 Å². The molecule has 0 saturated carbocycles. The Kier molecular flexibility index (Phi) is 4.07. The van der Waals surface area contributed by atoms with E-state index in [1.54, 1.807) is 7.11 Å². The zero-order chi connectivity index (χ0) is 13.0. The predicted octanol–water partition coefficient (Wildman–Crippen LogP) is 1.83. The fourth-order valence-corrected chi connectivity index (χ4v) is 1.73. The molecular formula is C13H17N3O2. The highest BCUT2D eigenvalue weighted by Gasteiger charge is 2.15. The summed E-state index contributed by atoms with van der Waals surface area (Å²) < 4.78 is 10.2. The maximum atomic E-state index is 6.12.